The number of hydrogen-bond acceptors (Lipinski definition) is 4. The standard InChI is InChI=1S/C14H19N3S.2ClH/c1-17-9-7-12(10-17)18-14-15-8-6-11-4-2-3-5-13(11)16-14;;/h2-5,12H,6-10H2,1H3,(H,15,16);2*1H. The molecule has 0 saturated carbocycles. The molecule has 3 rings (SSSR count). The Balaban J connectivity index is 0.000001000. The summed E-state index contributed by atoms with van der Waals surface area (Å²) in [5.41, 5.74) is 2.60. The highest BCUT2D eigenvalue weighted by atomic mass is 35.5. The summed E-state index contributed by atoms with van der Waals surface area (Å²) in [6.07, 6.45) is 2.31. The summed E-state index contributed by atoms with van der Waals surface area (Å²) in [6.45, 7) is 3.28. The topological polar surface area (TPSA) is 27.6 Å². The molecule has 1 fully saturated rings. The number of hydrogen-bond donors (Lipinski definition) is 1. The summed E-state index contributed by atoms with van der Waals surface area (Å²) in [6, 6.07) is 8.53. The fraction of sp³-hybridized carbons (Fsp3) is 0.500. The lowest BCUT2D eigenvalue weighted by atomic mass is 10.1. The van der Waals surface area contributed by atoms with E-state index in [2.05, 4.69) is 46.5 Å². The van der Waals surface area contributed by atoms with Gasteiger partial charge in [-0.25, -0.2) is 0 Å². The van der Waals surface area contributed by atoms with Crippen molar-refractivity contribution in [3.63, 3.8) is 0 Å². The molecule has 112 valence electrons. The lowest BCUT2D eigenvalue weighted by Gasteiger charge is -2.13. The van der Waals surface area contributed by atoms with Gasteiger partial charge in [-0.3, -0.25) is 4.99 Å². The van der Waals surface area contributed by atoms with E-state index in [-0.39, 0.29) is 24.8 Å². The quantitative estimate of drug-likeness (QED) is 0.854. The number of aliphatic imine (C=N–C) groups is 1. The molecule has 0 spiro atoms. The van der Waals surface area contributed by atoms with Crippen molar-refractivity contribution in [1.29, 1.82) is 0 Å². The van der Waals surface area contributed by atoms with Gasteiger partial charge < -0.3 is 10.2 Å². The molecular formula is C14H21Cl2N3S. The van der Waals surface area contributed by atoms with Crippen LogP contribution in [0.25, 0.3) is 0 Å². The number of benzene rings is 1. The van der Waals surface area contributed by atoms with E-state index in [1.54, 1.807) is 0 Å². The third-order valence-electron chi connectivity index (χ3n) is 3.52. The van der Waals surface area contributed by atoms with Crippen LogP contribution < -0.4 is 5.32 Å². The molecule has 1 unspecified atom stereocenters. The molecule has 0 aromatic heterocycles. The van der Waals surface area contributed by atoms with Crippen LogP contribution in [-0.4, -0.2) is 42.0 Å². The van der Waals surface area contributed by atoms with E-state index in [1.165, 1.54) is 30.8 Å². The van der Waals surface area contributed by atoms with E-state index in [0.29, 0.717) is 5.25 Å². The first-order chi connectivity index (χ1) is 8.81. The lowest BCUT2D eigenvalue weighted by Crippen LogP contribution is -2.18. The number of amidine groups is 1. The van der Waals surface area contributed by atoms with Crippen LogP contribution in [0, 0.1) is 0 Å². The second kappa shape index (κ2) is 8.13. The van der Waals surface area contributed by atoms with E-state index in [0.717, 1.165) is 18.1 Å². The molecule has 1 N–H and O–H groups in total. The minimum atomic E-state index is 0. The van der Waals surface area contributed by atoms with E-state index in [4.69, 9.17) is 0 Å². The summed E-state index contributed by atoms with van der Waals surface area (Å²) >= 11 is 1.91. The van der Waals surface area contributed by atoms with E-state index < -0.39 is 0 Å². The number of halogens is 2. The van der Waals surface area contributed by atoms with Crippen LogP contribution in [0.15, 0.2) is 29.3 Å². The van der Waals surface area contributed by atoms with Gasteiger partial charge in [-0.1, -0.05) is 30.0 Å². The van der Waals surface area contributed by atoms with Gasteiger partial charge >= 0.3 is 0 Å². The summed E-state index contributed by atoms with van der Waals surface area (Å²) in [7, 11) is 2.19. The summed E-state index contributed by atoms with van der Waals surface area (Å²) < 4.78 is 0. The average Bonchev–Trinajstić information content (AvgIpc) is 2.66. The molecule has 1 atom stereocenters. The van der Waals surface area contributed by atoms with Crippen LogP contribution in [0.5, 0.6) is 0 Å². The number of nitrogens with one attached hydrogen (secondary N) is 1. The van der Waals surface area contributed by atoms with Crippen molar-refractivity contribution >= 4 is 47.4 Å². The van der Waals surface area contributed by atoms with Gasteiger partial charge in [-0.2, -0.15) is 0 Å². The molecule has 0 amide bonds. The zero-order valence-corrected chi connectivity index (χ0v) is 14.0. The van der Waals surface area contributed by atoms with Crippen molar-refractivity contribution in [3.05, 3.63) is 29.8 Å². The summed E-state index contributed by atoms with van der Waals surface area (Å²) in [4.78, 5) is 7.07. The van der Waals surface area contributed by atoms with Crippen LogP contribution >= 0.6 is 36.6 Å². The third-order valence-corrected chi connectivity index (χ3v) is 4.69. The first kappa shape index (κ1) is 17.6. The minimum Gasteiger partial charge on any atom is -0.335 e. The Labute approximate surface area is 137 Å². The van der Waals surface area contributed by atoms with Crippen molar-refractivity contribution in [2.75, 3.05) is 32.0 Å². The first-order valence-corrected chi connectivity index (χ1v) is 7.44. The predicted octanol–water partition coefficient (Wildman–Crippen LogP) is 3.29. The molecule has 0 bridgehead atoms. The average molecular weight is 334 g/mol. The smallest absolute Gasteiger partial charge is 0.161 e. The molecule has 0 aliphatic carbocycles. The highest BCUT2D eigenvalue weighted by Gasteiger charge is 2.22. The fourth-order valence-electron chi connectivity index (χ4n) is 2.51. The van der Waals surface area contributed by atoms with Gasteiger partial charge in [-0.15, -0.1) is 24.8 Å². The Bertz CT molecular complexity index is 467. The monoisotopic (exact) mass is 333 g/mol. The minimum absolute atomic E-state index is 0. The van der Waals surface area contributed by atoms with Gasteiger partial charge in [0.05, 0.1) is 0 Å². The van der Waals surface area contributed by atoms with Crippen LogP contribution in [0.3, 0.4) is 0 Å². The van der Waals surface area contributed by atoms with E-state index >= 15 is 0 Å². The molecule has 6 heteroatoms. The lowest BCUT2D eigenvalue weighted by molar-refractivity contribution is 0.419. The SMILES string of the molecule is CN1CCC(SC2=NCCc3ccccc3N2)C1.Cl.Cl. The van der Waals surface area contributed by atoms with Crippen molar-refractivity contribution < 1.29 is 0 Å². The Hall–Kier alpha value is -0.420. The molecule has 2 aliphatic rings. The largest absolute Gasteiger partial charge is 0.335 e. The Morgan fingerprint density at radius 1 is 1.30 bits per heavy atom. The highest BCUT2D eigenvalue weighted by Crippen LogP contribution is 2.26. The maximum Gasteiger partial charge on any atom is 0.161 e. The zero-order chi connectivity index (χ0) is 12.4. The molecule has 2 heterocycles. The third kappa shape index (κ3) is 4.29. The number of para-hydroxylation sites is 1. The van der Waals surface area contributed by atoms with Crippen LogP contribution in [0.2, 0.25) is 0 Å². The van der Waals surface area contributed by atoms with Crippen LogP contribution in [0.4, 0.5) is 5.69 Å². The van der Waals surface area contributed by atoms with E-state index in [1.807, 2.05) is 11.8 Å². The number of rotatable bonds is 1. The van der Waals surface area contributed by atoms with Crippen LogP contribution in [-0.2, 0) is 6.42 Å². The molecule has 20 heavy (non-hydrogen) atoms. The van der Waals surface area contributed by atoms with Gasteiger partial charge in [0.25, 0.3) is 0 Å². The van der Waals surface area contributed by atoms with Gasteiger partial charge in [0.15, 0.2) is 5.17 Å². The number of likely N-dealkylation sites (tertiary alicyclic amines) is 1. The molecule has 2 aliphatic heterocycles. The maximum atomic E-state index is 4.68. The van der Waals surface area contributed by atoms with Crippen molar-refractivity contribution in [1.82, 2.24) is 4.90 Å². The number of thioether (sulfide) groups is 1. The second-order valence-electron chi connectivity index (χ2n) is 5.01. The van der Waals surface area contributed by atoms with Crippen molar-refractivity contribution in [2.24, 2.45) is 4.99 Å². The summed E-state index contributed by atoms with van der Waals surface area (Å²) in [5.74, 6) is 0. The zero-order valence-electron chi connectivity index (χ0n) is 11.5. The second-order valence-corrected chi connectivity index (χ2v) is 6.30. The van der Waals surface area contributed by atoms with Gasteiger partial charge in [0.1, 0.15) is 0 Å². The molecule has 1 aromatic rings. The van der Waals surface area contributed by atoms with Crippen molar-refractivity contribution in [2.45, 2.75) is 18.1 Å². The maximum absolute atomic E-state index is 4.68. The highest BCUT2D eigenvalue weighted by molar-refractivity contribution is 8.14. The summed E-state index contributed by atoms with van der Waals surface area (Å²) in [5, 5.41) is 5.28. The molecule has 3 nitrogen and oxygen atoms in total. The van der Waals surface area contributed by atoms with Gasteiger partial charge in [0.2, 0.25) is 0 Å². The predicted molar refractivity (Wildman–Crippen MR) is 94.1 cm³/mol. The van der Waals surface area contributed by atoms with Gasteiger partial charge in [-0.05, 0) is 38.1 Å². The molecule has 1 saturated heterocycles. The Kier molecular flexibility index (Phi) is 7.17. The molecule has 0 radical (unpaired) electrons. The first-order valence-electron chi connectivity index (χ1n) is 6.56. The number of fused-ring (bicyclic) bond motifs is 1. The van der Waals surface area contributed by atoms with Crippen molar-refractivity contribution in [3.8, 4) is 0 Å². The molecular weight excluding hydrogens is 313 g/mol. The normalized spacial score (nSPS) is 21.6. The molecule has 1 aromatic carbocycles. The number of nitrogens with zero attached hydrogens (tertiary/aromatic N) is 2. The number of anilines is 1. The Morgan fingerprint density at radius 2 is 2.10 bits per heavy atom. The van der Waals surface area contributed by atoms with Crippen LogP contribution in [0.1, 0.15) is 12.0 Å². The fourth-order valence-corrected chi connectivity index (χ4v) is 3.71. The van der Waals surface area contributed by atoms with Gasteiger partial charge in [0, 0.05) is 24.0 Å². The van der Waals surface area contributed by atoms with E-state index in [9.17, 15) is 0 Å². The Morgan fingerprint density at radius 3 is 2.85 bits per heavy atom.